The molecule has 106 valence electrons. The predicted octanol–water partition coefficient (Wildman–Crippen LogP) is -0.242. The molecule has 0 spiro atoms. The van der Waals surface area contributed by atoms with E-state index in [9.17, 15) is 10.1 Å². The second kappa shape index (κ2) is 6.29. The number of halogens is 1. The van der Waals surface area contributed by atoms with E-state index in [1.54, 1.807) is 0 Å². The van der Waals surface area contributed by atoms with Crippen LogP contribution >= 0.6 is 11.6 Å². The molecule has 0 aliphatic carbocycles. The number of morpholine rings is 1. The Balaban J connectivity index is 1.98. The summed E-state index contributed by atoms with van der Waals surface area (Å²) in [5, 5.41) is 10.4. The third-order valence-corrected chi connectivity index (χ3v) is 3.33. The van der Waals surface area contributed by atoms with Crippen molar-refractivity contribution in [2.75, 3.05) is 32.9 Å². The van der Waals surface area contributed by atoms with Crippen LogP contribution in [0.4, 0.5) is 0 Å². The lowest BCUT2D eigenvalue weighted by molar-refractivity contribution is -0.414. The van der Waals surface area contributed by atoms with Crippen molar-refractivity contribution >= 4 is 16.8 Å². The van der Waals surface area contributed by atoms with Crippen LogP contribution in [0.15, 0.2) is 16.9 Å². The van der Waals surface area contributed by atoms with Gasteiger partial charge in [-0.05, 0) is 0 Å². The maximum atomic E-state index is 10.7. The SMILES string of the molecule is NC=C(C(Cl)=NC1CN(C2COC2)CCO1)[N+](=O)[O-]. The summed E-state index contributed by atoms with van der Waals surface area (Å²) in [6.45, 7) is 3.25. The van der Waals surface area contributed by atoms with Gasteiger partial charge >= 0.3 is 5.70 Å². The van der Waals surface area contributed by atoms with E-state index < -0.39 is 16.8 Å². The minimum atomic E-state index is -0.674. The summed E-state index contributed by atoms with van der Waals surface area (Å²) < 4.78 is 10.6. The first kappa shape index (κ1) is 14.2. The van der Waals surface area contributed by atoms with E-state index >= 15 is 0 Å². The third-order valence-electron chi connectivity index (χ3n) is 3.04. The van der Waals surface area contributed by atoms with Gasteiger partial charge in [0, 0.05) is 13.1 Å². The van der Waals surface area contributed by atoms with Crippen molar-refractivity contribution in [1.82, 2.24) is 4.90 Å². The molecule has 0 amide bonds. The van der Waals surface area contributed by atoms with Gasteiger partial charge in [0.25, 0.3) is 0 Å². The van der Waals surface area contributed by atoms with Crippen molar-refractivity contribution < 1.29 is 14.4 Å². The van der Waals surface area contributed by atoms with Crippen molar-refractivity contribution in [3.63, 3.8) is 0 Å². The Morgan fingerprint density at radius 3 is 2.84 bits per heavy atom. The average molecular weight is 291 g/mol. The van der Waals surface area contributed by atoms with Crippen LogP contribution in [0.3, 0.4) is 0 Å². The molecule has 2 aliphatic rings. The van der Waals surface area contributed by atoms with Gasteiger partial charge in [0.1, 0.15) is 0 Å². The summed E-state index contributed by atoms with van der Waals surface area (Å²) in [7, 11) is 0. The topological polar surface area (TPSA) is 103 Å². The highest BCUT2D eigenvalue weighted by Gasteiger charge is 2.31. The molecule has 8 nitrogen and oxygen atoms in total. The predicted molar refractivity (Wildman–Crippen MR) is 68.5 cm³/mol. The van der Waals surface area contributed by atoms with E-state index in [2.05, 4.69) is 9.89 Å². The van der Waals surface area contributed by atoms with Crippen molar-refractivity contribution in [3.05, 3.63) is 22.0 Å². The Hall–Kier alpha value is -1.22. The van der Waals surface area contributed by atoms with Crippen LogP contribution in [0.1, 0.15) is 0 Å². The fraction of sp³-hybridized carbons (Fsp3) is 0.700. The van der Waals surface area contributed by atoms with Crippen LogP contribution in [0, 0.1) is 10.1 Å². The molecular formula is C10H15ClN4O4. The van der Waals surface area contributed by atoms with Gasteiger partial charge < -0.3 is 15.2 Å². The molecular weight excluding hydrogens is 276 g/mol. The molecule has 2 N–H and O–H groups in total. The zero-order valence-electron chi connectivity index (χ0n) is 10.2. The summed E-state index contributed by atoms with van der Waals surface area (Å²) in [6.07, 6.45) is 0.309. The number of ether oxygens (including phenoxy) is 2. The van der Waals surface area contributed by atoms with Crippen LogP contribution in [-0.4, -0.2) is 60.2 Å². The second-order valence-electron chi connectivity index (χ2n) is 4.24. The highest BCUT2D eigenvalue weighted by atomic mass is 35.5. The molecule has 2 aliphatic heterocycles. The first-order chi connectivity index (χ1) is 9.11. The van der Waals surface area contributed by atoms with Gasteiger partial charge in [-0.1, -0.05) is 11.6 Å². The molecule has 2 saturated heterocycles. The lowest BCUT2D eigenvalue weighted by atomic mass is 10.2. The summed E-state index contributed by atoms with van der Waals surface area (Å²) in [5.74, 6) is 0. The Morgan fingerprint density at radius 2 is 2.32 bits per heavy atom. The lowest BCUT2D eigenvalue weighted by Crippen LogP contribution is -2.55. The highest BCUT2D eigenvalue weighted by Crippen LogP contribution is 2.16. The van der Waals surface area contributed by atoms with Gasteiger partial charge in [-0.2, -0.15) is 0 Å². The number of nitrogens with zero attached hydrogens (tertiary/aromatic N) is 3. The number of hydrogen-bond acceptors (Lipinski definition) is 7. The third kappa shape index (κ3) is 3.41. The maximum Gasteiger partial charge on any atom is 0.321 e. The Bertz CT molecular complexity index is 410. The fourth-order valence-electron chi connectivity index (χ4n) is 1.89. The van der Waals surface area contributed by atoms with Crippen molar-refractivity contribution in [1.29, 1.82) is 0 Å². The molecule has 2 rings (SSSR count). The van der Waals surface area contributed by atoms with E-state index in [0.717, 1.165) is 12.7 Å². The summed E-state index contributed by atoms with van der Waals surface area (Å²) in [5.41, 5.74) is 4.73. The maximum absolute atomic E-state index is 10.7. The number of nitrogens with two attached hydrogens (primary N) is 1. The smallest absolute Gasteiger partial charge is 0.321 e. The van der Waals surface area contributed by atoms with E-state index in [1.165, 1.54) is 0 Å². The largest absolute Gasteiger partial charge is 0.399 e. The summed E-state index contributed by atoms with van der Waals surface area (Å²) >= 11 is 5.79. The van der Waals surface area contributed by atoms with Crippen LogP contribution < -0.4 is 5.73 Å². The molecule has 0 saturated carbocycles. The van der Waals surface area contributed by atoms with Gasteiger partial charge in [-0.25, -0.2) is 4.99 Å². The van der Waals surface area contributed by atoms with Crippen LogP contribution in [0.2, 0.25) is 0 Å². The Labute approximate surface area is 115 Å². The highest BCUT2D eigenvalue weighted by molar-refractivity contribution is 6.69. The molecule has 0 radical (unpaired) electrons. The van der Waals surface area contributed by atoms with Gasteiger partial charge in [-0.15, -0.1) is 0 Å². The monoisotopic (exact) mass is 290 g/mol. The van der Waals surface area contributed by atoms with Crippen molar-refractivity contribution in [3.8, 4) is 0 Å². The number of rotatable bonds is 4. The average Bonchev–Trinajstić information content (AvgIpc) is 2.27. The van der Waals surface area contributed by atoms with Crippen LogP contribution in [-0.2, 0) is 9.47 Å². The van der Waals surface area contributed by atoms with E-state index in [1.807, 2.05) is 0 Å². The molecule has 0 aromatic carbocycles. The van der Waals surface area contributed by atoms with E-state index in [0.29, 0.717) is 32.4 Å². The minimum Gasteiger partial charge on any atom is -0.399 e. The van der Waals surface area contributed by atoms with E-state index in [-0.39, 0.29) is 5.17 Å². The van der Waals surface area contributed by atoms with Gasteiger partial charge in [0.15, 0.2) is 6.23 Å². The van der Waals surface area contributed by atoms with Crippen LogP contribution in [0.5, 0.6) is 0 Å². The first-order valence-electron chi connectivity index (χ1n) is 5.85. The molecule has 9 heteroatoms. The molecule has 19 heavy (non-hydrogen) atoms. The number of hydrogen-bond donors (Lipinski definition) is 1. The zero-order chi connectivity index (χ0) is 13.8. The second-order valence-corrected chi connectivity index (χ2v) is 4.60. The Kier molecular flexibility index (Phi) is 4.70. The first-order valence-corrected chi connectivity index (χ1v) is 6.23. The van der Waals surface area contributed by atoms with Gasteiger partial charge in [-0.3, -0.25) is 15.0 Å². The standard InChI is InChI=1S/C10H15ClN4O4/c11-10(8(3-12)15(16)17)13-9-4-14(1-2-19-9)7-5-18-6-7/h3,7,9H,1-2,4-6,12H2. The molecule has 1 unspecified atom stereocenters. The molecule has 2 fully saturated rings. The Morgan fingerprint density at radius 1 is 1.58 bits per heavy atom. The minimum absolute atomic E-state index is 0.246. The molecule has 2 heterocycles. The van der Waals surface area contributed by atoms with Gasteiger partial charge in [0.2, 0.25) is 5.17 Å². The number of aliphatic imine (C=N–C) groups is 1. The molecule has 0 aromatic heterocycles. The quantitative estimate of drug-likeness (QED) is 0.435. The summed E-state index contributed by atoms with van der Waals surface area (Å²) in [6, 6.07) is 0.375. The fourth-order valence-corrected chi connectivity index (χ4v) is 2.13. The molecule has 0 aromatic rings. The van der Waals surface area contributed by atoms with Gasteiger partial charge in [0.05, 0.1) is 37.0 Å². The van der Waals surface area contributed by atoms with E-state index in [4.69, 9.17) is 26.8 Å². The zero-order valence-corrected chi connectivity index (χ0v) is 11.0. The lowest BCUT2D eigenvalue weighted by Gasteiger charge is -2.40. The van der Waals surface area contributed by atoms with Crippen molar-refractivity contribution in [2.45, 2.75) is 12.3 Å². The summed E-state index contributed by atoms with van der Waals surface area (Å²) in [4.78, 5) is 16.2. The van der Waals surface area contributed by atoms with Crippen LogP contribution in [0.25, 0.3) is 0 Å². The molecule has 1 atom stereocenters. The number of allylic oxidation sites excluding steroid dienone is 1. The molecule has 0 bridgehead atoms. The number of nitro groups is 1. The van der Waals surface area contributed by atoms with Crippen molar-refractivity contribution in [2.24, 2.45) is 10.7 Å². The normalized spacial score (nSPS) is 27.1.